The third-order valence-electron chi connectivity index (χ3n) is 4.44. The van der Waals surface area contributed by atoms with Gasteiger partial charge >= 0.3 is 0 Å². The lowest BCUT2D eigenvalue weighted by Gasteiger charge is -2.32. The first-order chi connectivity index (χ1) is 10.6. The first kappa shape index (κ1) is 15.0. The van der Waals surface area contributed by atoms with Gasteiger partial charge in [0, 0.05) is 26.6 Å². The fraction of sp³-hybridized carbons (Fsp3) is 0.500. The summed E-state index contributed by atoms with van der Waals surface area (Å²) in [7, 11) is 1.70. The van der Waals surface area contributed by atoms with E-state index in [1.54, 1.807) is 29.0 Å². The van der Waals surface area contributed by atoms with E-state index in [0.29, 0.717) is 26.3 Å². The first-order valence-electron chi connectivity index (χ1n) is 7.45. The Balaban J connectivity index is 1.86. The number of rotatable bonds is 2. The Morgan fingerprint density at radius 2 is 1.86 bits per heavy atom. The van der Waals surface area contributed by atoms with E-state index in [2.05, 4.69) is 0 Å². The van der Waals surface area contributed by atoms with Crippen LogP contribution in [0.5, 0.6) is 0 Å². The summed E-state index contributed by atoms with van der Waals surface area (Å²) in [5.41, 5.74) is 0.793. The molecule has 0 N–H and O–H groups in total. The van der Waals surface area contributed by atoms with Gasteiger partial charge in [-0.2, -0.15) is 0 Å². The Morgan fingerprint density at radius 3 is 2.50 bits per heavy atom. The Labute approximate surface area is 128 Å². The van der Waals surface area contributed by atoms with E-state index in [1.807, 2.05) is 0 Å². The third kappa shape index (κ3) is 2.70. The molecule has 3 rings (SSSR count). The maximum atomic E-state index is 13.1. The van der Waals surface area contributed by atoms with Crippen LogP contribution in [0.1, 0.15) is 18.0 Å². The van der Waals surface area contributed by atoms with E-state index < -0.39 is 5.92 Å². The summed E-state index contributed by atoms with van der Waals surface area (Å²) in [6.45, 7) is 2.18. The summed E-state index contributed by atoms with van der Waals surface area (Å²) >= 11 is 0. The minimum Gasteiger partial charge on any atom is -0.378 e. The van der Waals surface area contributed by atoms with Crippen molar-refractivity contribution in [3.63, 3.8) is 0 Å². The Morgan fingerprint density at radius 1 is 1.23 bits per heavy atom. The Bertz CT molecular complexity index is 569. The van der Waals surface area contributed by atoms with Gasteiger partial charge in [-0.05, 0) is 17.7 Å². The van der Waals surface area contributed by atoms with Gasteiger partial charge < -0.3 is 14.5 Å². The zero-order valence-corrected chi connectivity index (χ0v) is 12.5. The number of carbonyl (C=O) groups is 2. The first-order valence-corrected chi connectivity index (χ1v) is 7.45. The van der Waals surface area contributed by atoms with E-state index >= 15 is 0 Å². The second-order valence-electron chi connectivity index (χ2n) is 5.75. The van der Waals surface area contributed by atoms with E-state index in [9.17, 15) is 14.0 Å². The van der Waals surface area contributed by atoms with Crippen LogP contribution in [-0.4, -0.2) is 55.0 Å². The van der Waals surface area contributed by atoms with Crippen molar-refractivity contribution in [3.8, 4) is 0 Å². The Kier molecular flexibility index (Phi) is 4.11. The summed E-state index contributed by atoms with van der Waals surface area (Å²) in [4.78, 5) is 28.2. The number of nitrogens with zero attached hydrogens (tertiary/aromatic N) is 2. The van der Waals surface area contributed by atoms with Gasteiger partial charge in [-0.3, -0.25) is 9.59 Å². The molecule has 5 nitrogen and oxygen atoms in total. The SMILES string of the molecule is CN1C(=O)C[C@H](C(=O)N2CCOCC2)[C@H]1c1ccc(F)cc1. The highest BCUT2D eigenvalue weighted by molar-refractivity contribution is 5.90. The molecule has 2 heterocycles. The smallest absolute Gasteiger partial charge is 0.228 e. The molecule has 0 radical (unpaired) electrons. The van der Waals surface area contributed by atoms with Crippen LogP contribution in [0.3, 0.4) is 0 Å². The molecule has 0 aromatic heterocycles. The summed E-state index contributed by atoms with van der Waals surface area (Å²) in [5.74, 6) is -0.816. The van der Waals surface area contributed by atoms with Crippen LogP contribution in [0.25, 0.3) is 0 Å². The van der Waals surface area contributed by atoms with Gasteiger partial charge in [0.25, 0.3) is 0 Å². The lowest BCUT2D eigenvalue weighted by molar-refractivity contribution is -0.140. The number of hydrogen-bond acceptors (Lipinski definition) is 3. The second-order valence-corrected chi connectivity index (χ2v) is 5.75. The molecule has 2 aliphatic heterocycles. The third-order valence-corrected chi connectivity index (χ3v) is 4.44. The zero-order valence-electron chi connectivity index (χ0n) is 12.5. The minimum absolute atomic E-state index is 0.0182. The van der Waals surface area contributed by atoms with Gasteiger partial charge in [0.1, 0.15) is 5.82 Å². The topological polar surface area (TPSA) is 49.9 Å². The summed E-state index contributed by atoms with van der Waals surface area (Å²) in [5, 5.41) is 0. The monoisotopic (exact) mass is 306 g/mol. The molecule has 2 amide bonds. The molecule has 2 aliphatic rings. The molecule has 0 aliphatic carbocycles. The van der Waals surface area contributed by atoms with E-state index in [4.69, 9.17) is 4.74 Å². The summed E-state index contributed by atoms with van der Waals surface area (Å²) in [6, 6.07) is 5.69. The fourth-order valence-electron chi connectivity index (χ4n) is 3.23. The summed E-state index contributed by atoms with van der Waals surface area (Å²) in [6.07, 6.45) is 0.203. The molecule has 2 atom stereocenters. The predicted octanol–water partition coefficient (Wildman–Crippen LogP) is 1.20. The van der Waals surface area contributed by atoms with Gasteiger partial charge in [0.2, 0.25) is 11.8 Å². The highest BCUT2D eigenvalue weighted by Crippen LogP contribution is 2.38. The molecule has 6 heteroatoms. The second kappa shape index (κ2) is 6.04. The van der Waals surface area contributed by atoms with Gasteiger partial charge in [0.15, 0.2) is 0 Å². The van der Waals surface area contributed by atoms with Gasteiger partial charge in [0.05, 0.1) is 25.2 Å². The van der Waals surface area contributed by atoms with Crippen molar-refractivity contribution in [3.05, 3.63) is 35.6 Å². The molecular weight excluding hydrogens is 287 g/mol. The lowest BCUT2D eigenvalue weighted by atomic mass is 9.92. The number of ether oxygens (including phenoxy) is 1. The van der Waals surface area contributed by atoms with Crippen LogP contribution in [0.2, 0.25) is 0 Å². The van der Waals surface area contributed by atoms with Crippen molar-refractivity contribution in [1.82, 2.24) is 9.80 Å². The van der Waals surface area contributed by atoms with Gasteiger partial charge in [-0.15, -0.1) is 0 Å². The van der Waals surface area contributed by atoms with Crippen molar-refractivity contribution in [2.75, 3.05) is 33.4 Å². The molecule has 0 spiro atoms. The number of likely N-dealkylation sites (tertiary alicyclic amines) is 1. The molecule has 2 saturated heterocycles. The van der Waals surface area contributed by atoms with Gasteiger partial charge in [-0.25, -0.2) is 4.39 Å². The van der Waals surface area contributed by atoms with Crippen LogP contribution in [-0.2, 0) is 14.3 Å². The number of amides is 2. The number of hydrogen-bond donors (Lipinski definition) is 0. The number of halogens is 1. The van der Waals surface area contributed by atoms with E-state index in [-0.39, 0.29) is 30.1 Å². The van der Waals surface area contributed by atoms with Crippen LogP contribution < -0.4 is 0 Å². The maximum absolute atomic E-state index is 13.1. The van der Waals surface area contributed by atoms with Crippen LogP contribution in [0, 0.1) is 11.7 Å². The number of benzene rings is 1. The molecule has 0 saturated carbocycles. The lowest BCUT2D eigenvalue weighted by Crippen LogP contribution is -2.44. The highest BCUT2D eigenvalue weighted by atomic mass is 19.1. The molecule has 1 aromatic carbocycles. The summed E-state index contributed by atoms with van der Waals surface area (Å²) < 4.78 is 18.4. The highest BCUT2D eigenvalue weighted by Gasteiger charge is 2.44. The molecule has 0 bridgehead atoms. The van der Waals surface area contributed by atoms with Crippen molar-refractivity contribution >= 4 is 11.8 Å². The Hall–Kier alpha value is -1.95. The van der Waals surface area contributed by atoms with Crippen molar-refractivity contribution in [1.29, 1.82) is 0 Å². The minimum atomic E-state index is -0.416. The van der Waals surface area contributed by atoms with Crippen molar-refractivity contribution in [2.45, 2.75) is 12.5 Å². The van der Waals surface area contributed by atoms with E-state index in [1.165, 1.54) is 12.1 Å². The van der Waals surface area contributed by atoms with Gasteiger partial charge in [-0.1, -0.05) is 12.1 Å². The molecule has 1 aromatic rings. The van der Waals surface area contributed by atoms with Crippen molar-refractivity contribution < 1.29 is 18.7 Å². The average Bonchev–Trinajstić information content (AvgIpc) is 2.84. The predicted molar refractivity (Wildman–Crippen MR) is 77.4 cm³/mol. The molecule has 0 unspecified atom stereocenters. The molecule has 22 heavy (non-hydrogen) atoms. The number of carbonyl (C=O) groups excluding carboxylic acids is 2. The fourth-order valence-corrected chi connectivity index (χ4v) is 3.23. The zero-order chi connectivity index (χ0) is 15.7. The standard InChI is InChI=1S/C16H19FN2O3/c1-18-14(20)10-13(16(21)19-6-8-22-9-7-19)15(18)11-2-4-12(17)5-3-11/h2-5,13,15H,6-10H2,1H3/t13-,15+/m0/s1. The van der Waals surface area contributed by atoms with Crippen LogP contribution in [0.15, 0.2) is 24.3 Å². The number of morpholine rings is 1. The molecule has 2 fully saturated rings. The van der Waals surface area contributed by atoms with Crippen LogP contribution >= 0.6 is 0 Å². The molecule has 118 valence electrons. The van der Waals surface area contributed by atoms with Crippen LogP contribution in [0.4, 0.5) is 4.39 Å². The van der Waals surface area contributed by atoms with E-state index in [0.717, 1.165) is 5.56 Å². The van der Waals surface area contributed by atoms with Crippen molar-refractivity contribution in [2.24, 2.45) is 5.92 Å². The maximum Gasteiger partial charge on any atom is 0.228 e. The normalized spacial score (nSPS) is 25.6. The largest absolute Gasteiger partial charge is 0.378 e. The average molecular weight is 306 g/mol. The molecular formula is C16H19FN2O3. The quantitative estimate of drug-likeness (QED) is 0.825.